The normalized spacial score (nSPS) is 28.6. The Kier molecular flexibility index (Phi) is 4.16. The first-order valence-electron chi connectivity index (χ1n) is 7.10. The lowest BCUT2D eigenvalue weighted by molar-refractivity contribution is -0.0661. The number of piperidine rings is 1. The maximum Gasteiger partial charge on any atom is 0.120 e. The third-order valence-electron chi connectivity index (χ3n) is 3.98. The van der Waals surface area contributed by atoms with Crippen molar-refractivity contribution >= 4 is 0 Å². The Labute approximate surface area is 116 Å². The highest BCUT2D eigenvalue weighted by molar-refractivity contribution is 5.33. The molecule has 0 unspecified atom stereocenters. The molecule has 0 saturated carbocycles. The highest BCUT2D eigenvalue weighted by atomic mass is 16.5. The second-order valence-electron chi connectivity index (χ2n) is 6.03. The van der Waals surface area contributed by atoms with Crippen LogP contribution in [0.15, 0.2) is 24.3 Å². The van der Waals surface area contributed by atoms with Gasteiger partial charge in [-0.2, -0.15) is 0 Å². The summed E-state index contributed by atoms with van der Waals surface area (Å²) in [4.78, 5) is 2.27. The standard InChI is InChI=1S/C16H25NO2/c1-12(2)19-15-7-5-6-14(10-15)16(18)8-9-17(4)11-13(16)3/h5-7,10,12-13,18H,8-9,11H2,1-4H3/t13-,16+/m1/s1. The average Bonchev–Trinajstić information content (AvgIpc) is 2.34. The van der Waals surface area contributed by atoms with Gasteiger partial charge in [-0.15, -0.1) is 0 Å². The number of nitrogens with zero attached hydrogens (tertiary/aromatic N) is 1. The molecule has 19 heavy (non-hydrogen) atoms. The van der Waals surface area contributed by atoms with Crippen LogP contribution in [0.1, 0.15) is 32.8 Å². The molecule has 1 aliphatic rings. The molecular formula is C16H25NO2. The summed E-state index contributed by atoms with van der Waals surface area (Å²) in [5.41, 5.74) is 0.245. The van der Waals surface area contributed by atoms with Crippen molar-refractivity contribution in [3.8, 4) is 5.75 Å². The van der Waals surface area contributed by atoms with Gasteiger partial charge in [-0.1, -0.05) is 19.1 Å². The van der Waals surface area contributed by atoms with Crippen molar-refractivity contribution in [2.75, 3.05) is 20.1 Å². The molecule has 1 N–H and O–H groups in total. The molecule has 0 bridgehead atoms. The van der Waals surface area contributed by atoms with Gasteiger partial charge < -0.3 is 14.7 Å². The highest BCUT2D eigenvalue weighted by Gasteiger charge is 2.39. The molecule has 1 aromatic carbocycles. The van der Waals surface area contributed by atoms with Gasteiger partial charge in [-0.05, 0) is 45.0 Å². The Hall–Kier alpha value is -1.06. The molecule has 0 spiro atoms. The van der Waals surface area contributed by atoms with Crippen molar-refractivity contribution in [3.63, 3.8) is 0 Å². The van der Waals surface area contributed by atoms with Crippen LogP contribution in [0.5, 0.6) is 5.75 Å². The van der Waals surface area contributed by atoms with Crippen molar-refractivity contribution in [3.05, 3.63) is 29.8 Å². The van der Waals surface area contributed by atoms with Gasteiger partial charge in [0.05, 0.1) is 11.7 Å². The van der Waals surface area contributed by atoms with Gasteiger partial charge in [0, 0.05) is 19.0 Å². The minimum atomic E-state index is -0.733. The Morgan fingerprint density at radius 1 is 1.42 bits per heavy atom. The summed E-state index contributed by atoms with van der Waals surface area (Å²) in [6, 6.07) is 7.92. The average molecular weight is 263 g/mol. The van der Waals surface area contributed by atoms with Gasteiger partial charge in [0.25, 0.3) is 0 Å². The molecule has 1 saturated heterocycles. The van der Waals surface area contributed by atoms with Crippen LogP contribution in [0, 0.1) is 5.92 Å². The molecule has 1 aromatic rings. The Balaban J connectivity index is 2.25. The highest BCUT2D eigenvalue weighted by Crippen LogP contribution is 2.38. The lowest BCUT2D eigenvalue weighted by atomic mass is 9.77. The summed E-state index contributed by atoms with van der Waals surface area (Å²) in [7, 11) is 2.11. The monoisotopic (exact) mass is 263 g/mol. The van der Waals surface area contributed by atoms with Crippen LogP contribution in [0.4, 0.5) is 0 Å². The van der Waals surface area contributed by atoms with Crippen molar-refractivity contribution in [1.29, 1.82) is 0 Å². The van der Waals surface area contributed by atoms with Crippen molar-refractivity contribution in [2.24, 2.45) is 5.92 Å². The summed E-state index contributed by atoms with van der Waals surface area (Å²) in [5, 5.41) is 11.0. The summed E-state index contributed by atoms with van der Waals surface area (Å²) in [6.07, 6.45) is 0.926. The topological polar surface area (TPSA) is 32.7 Å². The van der Waals surface area contributed by atoms with E-state index >= 15 is 0 Å². The summed E-state index contributed by atoms with van der Waals surface area (Å²) >= 11 is 0. The smallest absolute Gasteiger partial charge is 0.120 e. The van der Waals surface area contributed by atoms with Crippen LogP contribution in [0.2, 0.25) is 0 Å². The predicted molar refractivity (Wildman–Crippen MR) is 77.4 cm³/mol. The zero-order chi connectivity index (χ0) is 14.0. The van der Waals surface area contributed by atoms with Gasteiger partial charge in [0.15, 0.2) is 0 Å². The van der Waals surface area contributed by atoms with Crippen LogP contribution in [0.3, 0.4) is 0 Å². The fourth-order valence-corrected chi connectivity index (χ4v) is 2.86. The van der Waals surface area contributed by atoms with Crippen molar-refractivity contribution in [2.45, 2.75) is 38.9 Å². The van der Waals surface area contributed by atoms with E-state index in [2.05, 4.69) is 18.9 Å². The molecule has 0 radical (unpaired) electrons. The molecule has 1 fully saturated rings. The molecule has 2 atom stereocenters. The van der Waals surface area contributed by atoms with E-state index in [4.69, 9.17) is 4.74 Å². The number of hydrogen-bond donors (Lipinski definition) is 1. The zero-order valence-corrected chi connectivity index (χ0v) is 12.4. The number of ether oxygens (including phenoxy) is 1. The molecule has 3 heteroatoms. The molecular weight excluding hydrogens is 238 g/mol. The van der Waals surface area contributed by atoms with Gasteiger partial charge in [0.1, 0.15) is 5.75 Å². The van der Waals surface area contributed by atoms with E-state index in [1.807, 2.05) is 38.1 Å². The van der Waals surface area contributed by atoms with E-state index in [-0.39, 0.29) is 12.0 Å². The van der Waals surface area contributed by atoms with Crippen LogP contribution in [0.25, 0.3) is 0 Å². The number of rotatable bonds is 3. The van der Waals surface area contributed by atoms with E-state index in [9.17, 15) is 5.11 Å². The van der Waals surface area contributed by atoms with Crippen LogP contribution in [-0.2, 0) is 5.60 Å². The predicted octanol–water partition coefficient (Wildman–Crippen LogP) is 2.63. The number of likely N-dealkylation sites (tertiary alicyclic amines) is 1. The second kappa shape index (κ2) is 5.51. The molecule has 1 heterocycles. The quantitative estimate of drug-likeness (QED) is 0.910. The van der Waals surface area contributed by atoms with Crippen LogP contribution >= 0.6 is 0 Å². The molecule has 0 amide bonds. The van der Waals surface area contributed by atoms with E-state index < -0.39 is 5.60 Å². The van der Waals surface area contributed by atoms with Gasteiger partial charge in [0.2, 0.25) is 0 Å². The molecule has 0 aliphatic carbocycles. The van der Waals surface area contributed by atoms with Crippen molar-refractivity contribution < 1.29 is 9.84 Å². The molecule has 0 aromatic heterocycles. The minimum absolute atomic E-state index is 0.153. The number of hydrogen-bond acceptors (Lipinski definition) is 3. The maximum absolute atomic E-state index is 11.0. The number of aliphatic hydroxyl groups is 1. The second-order valence-corrected chi connectivity index (χ2v) is 6.03. The summed E-state index contributed by atoms with van der Waals surface area (Å²) in [5.74, 6) is 1.06. The van der Waals surface area contributed by atoms with Crippen LogP contribution < -0.4 is 4.74 Å². The Morgan fingerprint density at radius 3 is 2.79 bits per heavy atom. The van der Waals surface area contributed by atoms with Gasteiger partial charge in [-0.3, -0.25) is 0 Å². The first-order valence-corrected chi connectivity index (χ1v) is 7.10. The third-order valence-corrected chi connectivity index (χ3v) is 3.98. The summed E-state index contributed by atoms with van der Waals surface area (Å²) in [6.45, 7) is 7.99. The first kappa shape index (κ1) is 14.4. The fraction of sp³-hybridized carbons (Fsp3) is 0.625. The van der Waals surface area contributed by atoms with Crippen LogP contribution in [-0.4, -0.2) is 36.2 Å². The molecule has 2 rings (SSSR count). The largest absolute Gasteiger partial charge is 0.491 e. The van der Waals surface area contributed by atoms with E-state index in [0.717, 1.165) is 30.8 Å². The first-order chi connectivity index (χ1) is 8.91. The van der Waals surface area contributed by atoms with Gasteiger partial charge >= 0.3 is 0 Å². The number of benzene rings is 1. The van der Waals surface area contributed by atoms with E-state index in [0.29, 0.717) is 0 Å². The Bertz CT molecular complexity index is 433. The lowest BCUT2D eigenvalue weighted by Crippen LogP contribution is -2.47. The maximum atomic E-state index is 11.0. The Morgan fingerprint density at radius 2 is 2.16 bits per heavy atom. The van der Waals surface area contributed by atoms with E-state index in [1.165, 1.54) is 0 Å². The zero-order valence-electron chi connectivity index (χ0n) is 12.4. The molecule has 106 valence electrons. The fourth-order valence-electron chi connectivity index (χ4n) is 2.86. The van der Waals surface area contributed by atoms with Crippen molar-refractivity contribution in [1.82, 2.24) is 4.90 Å². The van der Waals surface area contributed by atoms with Gasteiger partial charge in [-0.25, -0.2) is 0 Å². The van der Waals surface area contributed by atoms with E-state index in [1.54, 1.807) is 0 Å². The summed E-state index contributed by atoms with van der Waals surface area (Å²) < 4.78 is 5.73. The lowest BCUT2D eigenvalue weighted by Gasteiger charge is -2.42. The third kappa shape index (κ3) is 3.10. The SMILES string of the molecule is CC(C)Oc1cccc([C@]2(O)CCN(C)C[C@H]2C)c1. The molecule has 1 aliphatic heterocycles. The minimum Gasteiger partial charge on any atom is -0.491 e. The molecule has 3 nitrogen and oxygen atoms in total.